The number of anilines is 1. The monoisotopic (exact) mass is 502 g/mol. The second-order valence-corrected chi connectivity index (χ2v) is 9.96. The molecular weight excluding hydrogens is 484 g/mol. The van der Waals surface area contributed by atoms with E-state index in [-0.39, 0.29) is 11.0 Å². The van der Waals surface area contributed by atoms with Crippen molar-refractivity contribution in [3.05, 3.63) is 81.2 Å². The number of pyridine rings is 1. The van der Waals surface area contributed by atoms with Crippen molar-refractivity contribution in [2.75, 3.05) is 5.32 Å². The van der Waals surface area contributed by atoms with Gasteiger partial charge in [-0.25, -0.2) is 4.98 Å². The maximum atomic E-state index is 13.3. The van der Waals surface area contributed by atoms with E-state index in [9.17, 15) is 10.1 Å². The number of amides is 1. The summed E-state index contributed by atoms with van der Waals surface area (Å²) in [5.41, 5.74) is 4.44. The Bertz CT molecular complexity index is 1470. The number of para-hydroxylation sites is 1. The minimum atomic E-state index is -0.342. The van der Waals surface area contributed by atoms with Gasteiger partial charge in [-0.3, -0.25) is 10.1 Å². The minimum absolute atomic E-state index is 0.161. The summed E-state index contributed by atoms with van der Waals surface area (Å²) >= 11 is 13.0. The third-order valence-electron chi connectivity index (χ3n) is 5.84. The molecule has 4 aromatic rings. The molecule has 34 heavy (non-hydrogen) atoms. The molecule has 0 saturated carbocycles. The van der Waals surface area contributed by atoms with Crippen molar-refractivity contribution in [1.82, 2.24) is 10.3 Å². The zero-order valence-corrected chi connectivity index (χ0v) is 20.4. The van der Waals surface area contributed by atoms with Gasteiger partial charge in [0.15, 0.2) is 5.11 Å². The van der Waals surface area contributed by atoms with E-state index in [1.165, 1.54) is 4.88 Å². The molecule has 0 aliphatic heterocycles. The summed E-state index contributed by atoms with van der Waals surface area (Å²) in [6, 6.07) is 18.9. The summed E-state index contributed by atoms with van der Waals surface area (Å²) in [5.74, 6) is -0.342. The van der Waals surface area contributed by atoms with E-state index in [0.717, 1.165) is 42.2 Å². The number of thiophene rings is 1. The topological polar surface area (TPSA) is 77.8 Å². The van der Waals surface area contributed by atoms with E-state index >= 15 is 0 Å². The van der Waals surface area contributed by atoms with Gasteiger partial charge in [-0.05, 0) is 67.7 Å². The molecule has 1 aliphatic carbocycles. The molecule has 1 aliphatic rings. The molecule has 5 nitrogen and oxygen atoms in total. The van der Waals surface area contributed by atoms with Crippen LogP contribution in [0.15, 0.2) is 54.6 Å². The molecular formula is C26H19ClN4OS2. The lowest BCUT2D eigenvalue weighted by Crippen LogP contribution is -2.34. The van der Waals surface area contributed by atoms with Crippen LogP contribution < -0.4 is 10.6 Å². The van der Waals surface area contributed by atoms with Crippen LogP contribution in [0.2, 0.25) is 5.02 Å². The molecule has 2 aromatic heterocycles. The molecule has 0 fully saturated rings. The van der Waals surface area contributed by atoms with Crippen molar-refractivity contribution in [1.29, 1.82) is 5.26 Å². The van der Waals surface area contributed by atoms with Crippen LogP contribution in [0.3, 0.4) is 0 Å². The van der Waals surface area contributed by atoms with Crippen molar-refractivity contribution in [2.24, 2.45) is 0 Å². The average molecular weight is 503 g/mol. The van der Waals surface area contributed by atoms with E-state index in [2.05, 4.69) is 16.7 Å². The first-order chi connectivity index (χ1) is 16.5. The quantitative estimate of drug-likeness (QED) is 0.313. The van der Waals surface area contributed by atoms with Crippen molar-refractivity contribution >= 4 is 62.1 Å². The molecule has 0 saturated heterocycles. The number of halogens is 1. The molecule has 1 amide bonds. The van der Waals surface area contributed by atoms with E-state index in [0.29, 0.717) is 32.4 Å². The van der Waals surface area contributed by atoms with Crippen molar-refractivity contribution in [3.63, 3.8) is 0 Å². The number of fused-ring (bicyclic) bond motifs is 2. The SMILES string of the molecule is N#Cc1c(NC(=S)NC(=O)c2cc(-c3ccc(Cl)cc3)nc3ccccc23)sc2c1CCCC2. The second kappa shape index (κ2) is 9.51. The van der Waals surface area contributed by atoms with Gasteiger partial charge in [-0.1, -0.05) is 41.9 Å². The van der Waals surface area contributed by atoms with Gasteiger partial charge >= 0.3 is 0 Å². The van der Waals surface area contributed by atoms with E-state index < -0.39 is 0 Å². The van der Waals surface area contributed by atoms with Crippen LogP contribution in [0, 0.1) is 11.3 Å². The number of thiocarbonyl (C=S) groups is 1. The van der Waals surface area contributed by atoms with Crippen molar-refractivity contribution < 1.29 is 4.79 Å². The van der Waals surface area contributed by atoms with Gasteiger partial charge in [-0.15, -0.1) is 11.3 Å². The minimum Gasteiger partial charge on any atom is -0.323 e. The zero-order chi connectivity index (χ0) is 23.7. The Labute approximate surface area is 211 Å². The highest BCUT2D eigenvalue weighted by molar-refractivity contribution is 7.80. The van der Waals surface area contributed by atoms with Gasteiger partial charge in [-0.2, -0.15) is 5.26 Å². The molecule has 2 N–H and O–H groups in total. The number of nitriles is 1. The Balaban J connectivity index is 1.43. The zero-order valence-electron chi connectivity index (χ0n) is 18.0. The summed E-state index contributed by atoms with van der Waals surface area (Å²) in [5, 5.41) is 17.8. The van der Waals surface area contributed by atoms with Crippen LogP contribution in [-0.4, -0.2) is 16.0 Å². The molecule has 168 valence electrons. The molecule has 2 heterocycles. The molecule has 0 atom stereocenters. The normalized spacial score (nSPS) is 12.6. The van der Waals surface area contributed by atoms with Crippen LogP contribution in [0.4, 0.5) is 5.00 Å². The maximum absolute atomic E-state index is 13.3. The highest BCUT2D eigenvalue weighted by atomic mass is 35.5. The molecule has 0 spiro atoms. The van der Waals surface area contributed by atoms with E-state index in [1.54, 1.807) is 29.5 Å². The van der Waals surface area contributed by atoms with Crippen LogP contribution in [-0.2, 0) is 12.8 Å². The van der Waals surface area contributed by atoms with Gasteiger partial charge in [0.2, 0.25) is 0 Å². The molecule has 2 aromatic carbocycles. The highest BCUT2D eigenvalue weighted by Gasteiger charge is 2.22. The summed E-state index contributed by atoms with van der Waals surface area (Å²) in [7, 11) is 0. The lowest BCUT2D eigenvalue weighted by Gasteiger charge is -2.12. The van der Waals surface area contributed by atoms with Gasteiger partial charge < -0.3 is 5.32 Å². The Kier molecular flexibility index (Phi) is 6.29. The average Bonchev–Trinajstić information content (AvgIpc) is 3.20. The van der Waals surface area contributed by atoms with Crippen molar-refractivity contribution in [3.8, 4) is 17.3 Å². The maximum Gasteiger partial charge on any atom is 0.258 e. The summed E-state index contributed by atoms with van der Waals surface area (Å²) < 4.78 is 0. The third-order valence-corrected chi connectivity index (χ3v) is 7.50. The van der Waals surface area contributed by atoms with Gasteiger partial charge in [0.05, 0.1) is 22.3 Å². The molecule has 5 rings (SSSR count). The van der Waals surface area contributed by atoms with E-state index in [1.807, 2.05) is 36.4 Å². The van der Waals surface area contributed by atoms with E-state index in [4.69, 9.17) is 28.8 Å². The van der Waals surface area contributed by atoms with Gasteiger partial charge in [0.25, 0.3) is 5.91 Å². The fourth-order valence-electron chi connectivity index (χ4n) is 4.21. The number of aryl methyl sites for hydroxylation is 1. The Morgan fingerprint density at radius 3 is 2.68 bits per heavy atom. The lowest BCUT2D eigenvalue weighted by atomic mass is 9.96. The molecule has 0 unspecified atom stereocenters. The number of nitrogens with one attached hydrogen (secondary N) is 2. The summed E-state index contributed by atoms with van der Waals surface area (Å²) in [4.78, 5) is 19.2. The number of hydrogen-bond donors (Lipinski definition) is 2. The number of carbonyl (C=O) groups excluding carboxylic acids is 1. The van der Waals surface area contributed by atoms with Gasteiger partial charge in [0.1, 0.15) is 11.1 Å². The second-order valence-electron chi connectivity index (χ2n) is 8.01. The molecule has 0 bridgehead atoms. The number of carbonyl (C=O) groups is 1. The largest absolute Gasteiger partial charge is 0.323 e. The predicted molar refractivity (Wildman–Crippen MR) is 142 cm³/mol. The Morgan fingerprint density at radius 1 is 1.12 bits per heavy atom. The van der Waals surface area contributed by atoms with Gasteiger partial charge in [0, 0.05) is 20.8 Å². The van der Waals surface area contributed by atoms with Crippen LogP contribution in [0.5, 0.6) is 0 Å². The fourth-order valence-corrected chi connectivity index (χ4v) is 5.84. The number of hydrogen-bond acceptors (Lipinski definition) is 5. The lowest BCUT2D eigenvalue weighted by molar-refractivity contribution is 0.0979. The summed E-state index contributed by atoms with van der Waals surface area (Å²) in [6.07, 6.45) is 4.10. The van der Waals surface area contributed by atoms with Crippen LogP contribution in [0.25, 0.3) is 22.2 Å². The third kappa shape index (κ3) is 4.40. The van der Waals surface area contributed by atoms with Crippen molar-refractivity contribution in [2.45, 2.75) is 25.7 Å². The predicted octanol–water partition coefficient (Wildman–Crippen LogP) is 6.49. The molecule has 8 heteroatoms. The number of rotatable bonds is 3. The number of benzene rings is 2. The van der Waals surface area contributed by atoms with Crippen LogP contribution in [0.1, 0.15) is 39.2 Å². The first-order valence-electron chi connectivity index (χ1n) is 10.9. The Hall–Kier alpha value is -3.31. The number of nitrogens with zero attached hydrogens (tertiary/aromatic N) is 2. The first-order valence-corrected chi connectivity index (χ1v) is 12.5. The summed E-state index contributed by atoms with van der Waals surface area (Å²) in [6.45, 7) is 0. The fraction of sp³-hybridized carbons (Fsp3) is 0.154. The van der Waals surface area contributed by atoms with Crippen LogP contribution >= 0.6 is 35.2 Å². The standard InChI is InChI=1S/C26H19ClN4OS2/c27-16-11-9-15(10-12-16)22-13-19(17-5-1-3-7-21(17)29-22)24(32)30-26(33)31-25-20(14-28)18-6-2-4-8-23(18)34-25/h1,3,5,7,9-13H,2,4,6,8H2,(H2,30,31,32,33). The smallest absolute Gasteiger partial charge is 0.258 e. The highest BCUT2D eigenvalue weighted by Crippen LogP contribution is 2.37. The molecule has 0 radical (unpaired) electrons. The Morgan fingerprint density at radius 2 is 1.88 bits per heavy atom. The first kappa shape index (κ1) is 22.5. The number of aromatic nitrogens is 1.